The number of methoxy groups -OCH3 is 1. The third-order valence-corrected chi connectivity index (χ3v) is 4.07. The van der Waals surface area contributed by atoms with Crippen LogP contribution in [-0.4, -0.2) is 29.2 Å². The third kappa shape index (κ3) is 5.30. The first-order chi connectivity index (χ1) is 15.2. The summed E-state index contributed by atoms with van der Waals surface area (Å²) in [7, 11) is 1.33. The number of hydrazine groups is 1. The number of halogens is 4. The fraction of sp³-hybridized carbons (Fsp3) is 0.158. The molecule has 9 nitrogen and oxygen atoms in total. The monoisotopic (exact) mass is 453 g/mol. The lowest BCUT2D eigenvalue weighted by Gasteiger charge is -2.14. The number of benzene rings is 1. The second-order valence-electron chi connectivity index (χ2n) is 6.19. The molecule has 2 heterocycles. The SMILES string of the molecule is COc1cc(C(=O)NNC(=O)NCc2ccc(-c3cccc(F)c3C(F)(F)F)cn2)on1. The van der Waals surface area contributed by atoms with E-state index in [1.807, 2.05) is 0 Å². The fourth-order valence-electron chi connectivity index (χ4n) is 2.59. The second-order valence-corrected chi connectivity index (χ2v) is 6.19. The van der Waals surface area contributed by atoms with Crippen molar-refractivity contribution in [2.24, 2.45) is 0 Å². The minimum atomic E-state index is -4.87. The third-order valence-electron chi connectivity index (χ3n) is 4.07. The molecule has 0 aliphatic heterocycles. The summed E-state index contributed by atoms with van der Waals surface area (Å²) in [5, 5.41) is 5.82. The van der Waals surface area contributed by atoms with Gasteiger partial charge < -0.3 is 14.6 Å². The molecule has 0 bridgehead atoms. The van der Waals surface area contributed by atoms with Crippen molar-refractivity contribution in [2.45, 2.75) is 12.7 Å². The highest BCUT2D eigenvalue weighted by Gasteiger charge is 2.37. The highest BCUT2D eigenvalue weighted by Crippen LogP contribution is 2.38. The Bertz CT molecular complexity index is 1120. The first-order valence-corrected chi connectivity index (χ1v) is 8.85. The Morgan fingerprint density at radius 3 is 2.56 bits per heavy atom. The Labute approximate surface area is 177 Å². The van der Waals surface area contributed by atoms with Gasteiger partial charge in [0.2, 0.25) is 5.76 Å². The molecule has 3 aromatic rings. The van der Waals surface area contributed by atoms with Gasteiger partial charge in [-0.15, -0.1) is 0 Å². The van der Waals surface area contributed by atoms with Gasteiger partial charge in [-0.2, -0.15) is 13.2 Å². The maximum absolute atomic E-state index is 13.7. The van der Waals surface area contributed by atoms with Gasteiger partial charge in [0.15, 0.2) is 0 Å². The van der Waals surface area contributed by atoms with Crippen molar-refractivity contribution < 1.29 is 36.4 Å². The number of rotatable bonds is 5. The molecular formula is C19H15F4N5O4. The lowest BCUT2D eigenvalue weighted by molar-refractivity contribution is -0.139. The number of carbonyl (C=O) groups is 2. The molecule has 0 unspecified atom stereocenters. The van der Waals surface area contributed by atoms with Crippen LogP contribution >= 0.6 is 0 Å². The molecule has 3 N–H and O–H groups in total. The van der Waals surface area contributed by atoms with E-state index >= 15 is 0 Å². The number of urea groups is 1. The zero-order chi connectivity index (χ0) is 23.3. The zero-order valence-electron chi connectivity index (χ0n) is 16.3. The average molecular weight is 453 g/mol. The Morgan fingerprint density at radius 2 is 1.94 bits per heavy atom. The van der Waals surface area contributed by atoms with E-state index in [1.165, 1.54) is 31.4 Å². The second kappa shape index (κ2) is 9.32. The minimum Gasteiger partial charge on any atom is -0.479 e. The molecule has 0 atom stereocenters. The van der Waals surface area contributed by atoms with Gasteiger partial charge in [-0.05, 0) is 22.9 Å². The van der Waals surface area contributed by atoms with Crippen molar-refractivity contribution >= 4 is 11.9 Å². The summed E-state index contributed by atoms with van der Waals surface area (Å²) in [6.07, 6.45) is -3.74. The summed E-state index contributed by atoms with van der Waals surface area (Å²) in [4.78, 5) is 27.6. The van der Waals surface area contributed by atoms with Gasteiger partial charge in [0.25, 0.3) is 5.88 Å². The Kier molecular flexibility index (Phi) is 6.56. The van der Waals surface area contributed by atoms with Crippen molar-refractivity contribution in [2.75, 3.05) is 7.11 Å². The van der Waals surface area contributed by atoms with E-state index in [0.717, 1.165) is 18.3 Å². The molecule has 0 fully saturated rings. The molecule has 168 valence electrons. The molecule has 0 aliphatic carbocycles. The number of aromatic nitrogens is 2. The molecule has 0 radical (unpaired) electrons. The number of pyridine rings is 1. The number of nitrogens with one attached hydrogen (secondary N) is 3. The number of amides is 3. The lowest BCUT2D eigenvalue weighted by atomic mass is 10.00. The molecule has 13 heteroatoms. The predicted molar refractivity (Wildman–Crippen MR) is 101 cm³/mol. The van der Waals surface area contributed by atoms with Crippen molar-refractivity contribution in [1.82, 2.24) is 26.3 Å². The van der Waals surface area contributed by atoms with Gasteiger partial charge in [-0.1, -0.05) is 18.2 Å². The molecule has 3 amide bonds. The number of nitrogens with zero attached hydrogens (tertiary/aromatic N) is 2. The van der Waals surface area contributed by atoms with Crippen LogP contribution in [0.3, 0.4) is 0 Å². The van der Waals surface area contributed by atoms with Gasteiger partial charge in [0.05, 0.1) is 31.0 Å². The molecule has 1 aromatic carbocycles. The van der Waals surface area contributed by atoms with E-state index in [4.69, 9.17) is 9.26 Å². The van der Waals surface area contributed by atoms with E-state index in [9.17, 15) is 27.2 Å². The first-order valence-electron chi connectivity index (χ1n) is 8.85. The van der Waals surface area contributed by atoms with E-state index in [-0.39, 0.29) is 29.3 Å². The maximum Gasteiger partial charge on any atom is 0.419 e. The summed E-state index contributed by atoms with van der Waals surface area (Å²) in [6.45, 7) is -0.104. The van der Waals surface area contributed by atoms with E-state index < -0.39 is 29.5 Å². The normalized spacial score (nSPS) is 11.0. The number of hydrogen-bond donors (Lipinski definition) is 3. The van der Waals surface area contributed by atoms with Crippen LogP contribution < -0.4 is 20.9 Å². The lowest BCUT2D eigenvalue weighted by Crippen LogP contribution is -2.46. The van der Waals surface area contributed by atoms with Gasteiger partial charge in [0, 0.05) is 11.8 Å². The van der Waals surface area contributed by atoms with Crippen LogP contribution in [0.15, 0.2) is 47.1 Å². The van der Waals surface area contributed by atoms with Gasteiger partial charge in [0.1, 0.15) is 5.82 Å². The van der Waals surface area contributed by atoms with Gasteiger partial charge in [-0.3, -0.25) is 15.2 Å². The largest absolute Gasteiger partial charge is 0.479 e. The van der Waals surface area contributed by atoms with E-state index in [1.54, 1.807) is 0 Å². The summed E-state index contributed by atoms with van der Waals surface area (Å²) < 4.78 is 62.7. The highest BCUT2D eigenvalue weighted by molar-refractivity contribution is 5.92. The molecule has 0 aliphatic rings. The standard InChI is InChI=1S/C19H15F4N5O4/c1-31-15-7-14(32-28-15)17(29)26-27-18(30)25-9-11-6-5-10(8-24-11)12-3-2-4-13(20)16(12)19(21,22)23/h2-8H,9H2,1H3,(H,26,29)(H2,25,27,30). The molecule has 0 spiro atoms. The van der Waals surface area contributed by atoms with Crippen molar-refractivity contribution in [1.29, 1.82) is 0 Å². The van der Waals surface area contributed by atoms with Crippen molar-refractivity contribution in [3.8, 4) is 17.0 Å². The van der Waals surface area contributed by atoms with Crippen LogP contribution in [0.1, 0.15) is 21.8 Å². The summed E-state index contributed by atoms with van der Waals surface area (Å²) in [5.74, 6) is -2.29. The Morgan fingerprint density at radius 1 is 1.16 bits per heavy atom. The van der Waals surface area contributed by atoms with Crippen LogP contribution in [-0.2, 0) is 12.7 Å². The van der Waals surface area contributed by atoms with Crippen LogP contribution in [0.2, 0.25) is 0 Å². The molecule has 32 heavy (non-hydrogen) atoms. The molecule has 3 rings (SSSR count). The van der Waals surface area contributed by atoms with Crippen LogP contribution in [0, 0.1) is 5.82 Å². The van der Waals surface area contributed by atoms with Gasteiger partial charge >= 0.3 is 18.1 Å². The maximum atomic E-state index is 13.7. The number of hydrogen-bond acceptors (Lipinski definition) is 6. The van der Waals surface area contributed by atoms with Gasteiger partial charge in [-0.25, -0.2) is 14.6 Å². The van der Waals surface area contributed by atoms with E-state index in [0.29, 0.717) is 5.69 Å². The van der Waals surface area contributed by atoms with Crippen LogP contribution in [0.25, 0.3) is 11.1 Å². The average Bonchev–Trinajstić information content (AvgIpc) is 3.25. The molecular weight excluding hydrogens is 438 g/mol. The van der Waals surface area contributed by atoms with Crippen LogP contribution in [0.4, 0.5) is 22.4 Å². The Hall–Kier alpha value is -4.16. The van der Waals surface area contributed by atoms with Crippen molar-refractivity contribution in [3.63, 3.8) is 0 Å². The van der Waals surface area contributed by atoms with Crippen molar-refractivity contribution in [3.05, 3.63) is 65.4 Å². The predicted octanol–water partition coefficient (Wildman–Crippen LogP) is 3.05. The highest BCUT2D eigenvalue weighted by atomic mass is 19.4. The first kappa shape index (κ1) is 22.5. The fourth-order valence-corrected chi connectivity index (χ4v) is 2.59. The summed E-state index contributed by atoms with van der Waals surface area (Å²) in [6, 6.07) is 6.16. The molecule has 0 saturated carbocycles. The molecule has 0 saturated heterocycles. The number of carbonyl (C=O) groups excluding carboxylic acids is 2. The Balaban J connectivity index is 1.57. The zero-order valence-corrected chi connectivity index (χ0v) is 16.3. The molecule has 2 aromatic heterocycles. The summed E-state index contributed by atoms with van der Waals surface area (Å²) >= 11 is 0. The number of alkyl halides is 3. The minimum absolute atomic E-state index is 0.0553. The van der Waals surface area contributed by atoms with Crippen LogP contribution in [0.5, 0.6) is 5.88 Å². The summed E-state index contributed by atoms with van der Waals surface area (Å²) in [5.41, 5.74) is 2.78. The van der Waals surface area contributed by atoms with E-state index in [2.05, 4.69) is 26.3 Å². The number of ether oxygens (including phenoxy) is 1. The topological polar surface area (TPSA) is 118 Å². The smallest absolute Gasteiger partial charge is 0.419 e. The quantitative estimate of drug-likeness (QED) is 0.404.